The SMILES string of the molecule is CC(CN1CCC(C)(/C=C\c2ccccc2)C(C)C1)C1CCN(C(=O)c2cc3c(F)cccc3[nH]2)CC1. The molecule has 2 aliphatic rings. The minimum absolute atomic E-state index is 0.0191. The summed E-state index contributed by atoms with van der Waals surface area (Å²) in [7, 11) is 0. The molecule has 37 heavy (non-hydrogen) atoms. The van der Waals surface area contributed by atoms with E-state index in [0.717, 1.165) is 45.6 Å². The van der Waals surface area contributed by atoms with Gasteiger partial charge in [-0.25, -0.2) is 4.39 Å². The Morgan fingerprint density at radius 2 is 1.89 bits per heavy atom. The number of hydrogen-bond acceptors (Lipinski definition) is 2. The predicted octanol–water partition coefficient (Wildman–Crippen LogP) is 6.86. The summed E-state index contributed by atoms with van der Waals surface area (Å²) in [4.78, 5) is 20.8. The number of likely N-dealkylation sites (tertiary alicyclic amines) is 2. The van der Waals surface area contributed by atoms with Crippen LogP contribution in [0.3, 0.4) is 0 Å². The molecule has 4 nitrogen and oxygen atoms in total. The lowest BCUT2D eigenvalue weighted by Gasteiger charge is -2.45. The molecule has 3 unspecified atom stereocenters. The van der Waals surface area contributed by atoms with Crippen molar-refractivity contribution in [2.75, 3.05) is 32.7 Å². The maximum atomic E-state index is 14.1. The molecule has 3 aromatic rings. The van der Waals surface area contributed by atoms with E-state index in [9.17, 15) is 9.18 Å². The number of carbonyl (C=O) groups is 1. The molecule has 0 bridgehead atoms. The number of allylic oxidation sites excluding steroid dienone is 1. The molecule has 3 heterocycles. The molecule has 2 fully saturated rings. The fraction of sp³-hybridized carbons (Fsp3) is 0.469. The zero-order valence-corrected chi connectivity index (χ0v) is 22.4. The number of amides is 1. The maximum Gasteiger partial charge on any atom is 0.270 e. The van der Waals surface area contributed by atoms with Gasteiger partial charge in [-0.05, 0) is 72.7 Å². The Bertz CT molecular complexity index is 1240. The number of halogens is 1. The van der Waals surface area contributed by atoms with E-state index in [1.165, 1.54) is 18.1 Å². The Morgan fingerprint density at radius 3 is 2.59 bits per heavy atom. The van der Waals surface area contributed by atoms with E-state index in [1.807, 2.05) is 11.0 Å². The molecule has 1 aromatic heterocycles. The topological polar surface area (TPSA) is 39.3 Å². The van der Waals surface area contributed by atoms with Crippen LogP contribution in [-0.2, 0) is 0 Å². The molecule has 1 amide bonds. The van der Waals surface area contributed by atoms with E-state index >= 15 is 0 Å². The average molecular weight is 502 g/mol. The lowest BCUT2D eigenvalue weighted by Crippen LogP contribution is -2.47. The molecular weight excluding hydrogens is 461 g/mol. The van der Waals surface area contributed by atoms with Gasteiger partial charge < -0.3 is 14.8 Å². The first-order valence-electron chi connectivity index (χ1n) is 13.9. The zero-order chi connectivity index (χ0) is 26.0. The van der Waals surface area contributed by atoms with Gasteiger partial charge in [0, 0.05) is 37.1 Å². The number of carbonyl (C=O) groups excluding carboxylic acids is 1. The second-order valence-electron chi connectivity index (χ2n) is 11.7. The molecule has 2 saturated heterocycles. The Kier molecular flexibility index (Phi) is 7.52. The number of aromatic amines is 1. The highest BCUT2D eigenvalue weighted by Gasteiger charge is 2.36. The second kappa shape index (κ2) is 10.8. The third kappa shape index (κ3) is 5.67. The number of rotatable bonds is 6. The average Bonchev–Trinajstić information content (AvgIpc) is 3.36. The number of nitrogens with one attached hydrogen (secondary N) is 1. The van der Waals surface area contributed by atoms with Crippen LogP contribution in [0.15, 0.2) is 60.7 Å². The number of H-pyrrole nitrogens is 1. The van der Waals surface area contributed by atoms with Gasteiger partial charge in [0.05, 0.1) is 0 Å². The van der Waals surface area contributed by atoms with E-state index in [-0.39, 0.29) is 17.1 Å². The van der Waals surface area contributed by atoms with Gasteiger partial charge >= 0.3 is 0 Å². The van der Waals surface area contributed by atoms with Crippen LogP contribution in [0.1, 0.15) is 56.1 Å². The van der Waals surface area contributed by atoms with Crippen LogP contribution in [0, 0.1) is 29.0 Å². The molecular formula is C32H40FN3O. The van der Waals surface area contributed by atoms with Gasteiger partial charge in [0.2, 0.25) is 0 Å². The highest BCUT2D eigenvalue weighted by atomic mass is 19.1. The fourth-order valence-corrected chi connectivity index (χ4v) is 6.23. The van der Waals surface area contributed by atoms with Crippen molar-refractivity contribution in [1.29, 1.82) is 0 Å². The zero-order valence-electron chi connectivity index (χ0n) is 22.4. The Hall–Kier alpha value is -2.92. The van der Waals surface area contributed by atoms with Crippen molar-refractivity contribution in [3.63, 3.8) is 0 Å². The predicted molar refractivity (Wildman–Crippen MR) is 150 cm³/mol. The van der Waals surface area contributed by atoms with Crippen molar-refractivity contribution in [2.45, 2.75) is 40.0 Å². The number of benzene rings is 2. The minimum atomic E-state index is -0.292. The molecule has 5 heteroatoms. The van der Waals surface area contributed by atoms with E-state index in [1.54, 1.807) is 12.1 Å². The fourth-order valence-electron chi connectivity index (χ4n) is 6.23. The molecule has 0 radical (unpaired) electrons. The van der Waals surface area contributed by atoms with Crippen LogP contribution in [0.5, 0.6) is 0 Å². The van der Waals surface area contributed by atoms with Gasteiger partial charge in [0.15, 0.2) is 0 Å². The molecule has 1 N–H and O–H groups in total. The van der Waals surface area contributed by atoms with Crippen molar-refractivity contribution in [3.05, 3.63) is 77.7 Å². The van der Waals surface area contributed by atoms with E-state index in [4.69, 9.17) is 0 Å². The largest absolute Gasteiger partial charge is 0.350 e. The summed E-state index contributed by atoms with van der Waals surface area (Å²) in [6, 6.07) is 17.2. The summed E-state index contributed by atoms with van der Waals surface area (Å²) in [6.45, 7) is 12.1. The van der Waals surface area contributed by atoms with E-state index in [0.29, 0.717) is 34.4 Å². The normalized spacial score (nSPS) is 24.6. The first kappa shape index (κ1) is 25.7. The summed E-state index contributed by atoms with van der Waals surface area (Å²) < 4.78 is 14.1. The Labute approximate surface area is 220 Å². The summed E-state index contributed by atoms with van der Waals surface area (Å²) in [5, 5.41) is 0.483. The standard InChI is InChI=1S/C32H40FN3O/c1-23(21-35-19-16-32(3,24(2)22-35)15-12-25-8-5-4-6-9-25)26-13-17-36(18-14-26)31(37)30-20-27-28(33)10-7-11-29(27)34-30/h4-12,15,20,23-24,26,34H,13-14,16-19,21-22H2,1-3H3/b15-12-. The van der Waals surface area contributed by atoms with Gasteiger partial charge in [-0.3, -0.25) is 4.79 Å². The van der Waals surface area contributed by atoms with Crippen LogP contribution in [0.2, 0.25) is 0 Å². The number of piperidine rings is 2. The summed E-state index contributed by atoms with van der Waals surface area (Å²) in [5.41, 5.74) is 2.66. The Balaban J connectivity index is 1.11. The monoisotopic (exact) mass is 501 g/mol. The van der Waals surface area contributed by atoms with Crippen molar-refractivity contribution < 1.29 is 9.18 Å². The third-order valence-corrected chi connectivity index (χ3v) is 9.10. The van der Waals surface area contributed by atoms with Crippen LogP contribution < -0.4 is 0 Å². The van der Waals surface area contributed by atoms with Crippen molar-refractivity contribution in [3.8, 4) is 0 Å². The van der Waals surface area contributed by atoms with Crippen molar-refractivity contribution >= 4 is 22.9 Å². The first-order valence-corrected chi connectivity index (χ1v) is 13.9. The molecule has 0 spiro atoms. The quantitative estimate of drug-likeness (QED) is 0.401. The van der Waals surface area contributed by atoms with Crippen molar-refractivity contribution in [2.24, 2.45) is 23.2 Å². The van der Waals surface area contributed by atoms with E-state index < -0.39 is 0 Å². The van der Waals surface area contributed by atoms with Crippen LogP contribution >= 0.6 is 0 Å². The van der Waals surface area contributed by atoms with Gasteiger partial charge in [-0.15, -0.1) is 0 Å². The highest BCUT2D eigenvalue weighted by molar-refractivity contribution is 5.98. The molecule has 3 atom stereocenters. The van der Waals surface area contributed by atoms with Crippen LogP contribution in [0.25, 0.3) is 17.0 Å². The summed E-state index contributed by atoms with van der Waals surface area (Å²) >= 11 is 0. The van der Waals surface area contributed by atoms with Crippen LogP contribution in [0.4, 0.5) is 4.39 Å². The number of hydrogen-bond donors (Lipinski definition) is 1. The molecule has 2 aromatic carbocycles. The number of aromatic nitrogens is 1. The van der Waals surface area contributed by atoms with Gasteiger partial charge in [0.1, 0.15) is 11.5 Å². The van der Waals surface area contributed by atoms with E-state index in [2.05, 4.69) is 73.1 Å². The van der Waals surface area contributed by atoms with Crippen LogP contribution in [-0.4, -0.2) is 53.4 Å². The number of fused-ring (bicyclic) bond motifs is 1. The smallest absolute Gasteiger partial charge is 0.270 e. The Morgan fingerprint density at radius 1 is 1.14 bits per heavy atom. The molecule has 0 aliphatic carbocycles. The van der Waals surface area contributed by atoms with Gasteiger partial charge in [-0.2, -0.15) is 0 Å². The third-order valence-electron chi connectivity index (χ3n) is 9.10. The molecule has 0 saturated carbocycles. The van der Waals surface area contributed by atoms with Crippen molar-refractivity contribution in [1.82, 2.24) is 14.8 Å². The first-order chi connectivity index (χ1) is 17.8. The van der Waals surface area contributed by atoms with Gasteiger partial charge in [0.25, 0.3) is 5.91 Å². The highest BCUT2D eigenvalue weighted by Crippen LogP contribution is 2.39. The minimum Gasteiger partial charge on any atom is -0.350 e. The van der Waals surface area contributed by atoms with Gasteiger partial charge in [-0.1, -0.05) is 69.3 Å². The lowest BCUT2D eigenvalue weighted by molar-refractivity contribution is 0.0540. The summed E-state index contributed by atoms with van der Waals surface area (Å²) in [6.07, 6.45) is 7.96. The molecule has 2 aliphatic heterocycles. The second-order valence-corrected chi connectivity index (χ2v) is 11.7. The maximum absolute atomic E-state index is 14.1. The molecule has 5 rings (SSSR count). The summed E-state index contributed by atoms with van der Waals surface area (Å²) in [5.74, 6) is 1.53. The molecule has 196 valence electrons. The lowest BCUT2D eigenvalue weighted by atomic mass is 9.72. The number of nitrogens with zero attached hydrogens (tertiary/aromatic N) is 2.